The molecule has 0 saturated carbocycles. The third-order valence-electron chi connectivity index (χ3n) is 2.74. The molecule has 2 N–H and O–H groups in total. The minimum absolute atomic E-state index is 0.303. The van der Waals surface area contributed by atoms with Gasteiger partial charge in [0.25, 0.3) is 0 Å². The Balaban J connectivity index is 1.93. The van der Waals surface area contributed by atoms with Crippen LogP contribution in [0.15, 0.2) is 54.7 Å². The maximum Gasteiger partial charge on any atom is 0.323 e. The van der Waals surface area contributed by atoms with Crippen molar-refractivity contribution in [2.45, 2.75) is 6.92 Å². The van der Waals surface area contributed by atoms with Gasteiger partial charge in [-0.25, -0.2) is 4.79 Å². The van der Waals surface area contributed by atoms with Crippen LogP contribution >= 0.6 is 11.6 Å². The number of rotatable bonds is 3. The predicted molar refractivity (Wildman–Crippen MR) is 83.8 cm³/mol. The fraction of sp³-hybridized carbons (Fsp3) is 0.0625. The minimum Gasteiger partial charge on any atom is -0.314 e. The Bertz CT molecular complexity index is 624. The first kappa shape index (κ1) is 14.2. The van der Waals surface area contributed by atoms with Crippen LogP contribution < -0.4 is 10.6 Å². The second-order valence-corrected chi connectivity index (χ2v) is 4.74. The molecule has 0 aliphatic heterocycles. The van der Waals surface area contributed by atoms with E-state index in [1.807, 2.05) is 49.4 Å². The first-order valence-corrected chi connectivity index (χ1v) is 6.58. The molecule has 2 rings (SSSR count). The van der Waals surface area contributed by atoms with Gasteiger partial charge in [-0.15, -0.1) is 0 Å². The smallest absolute Gasteiger partial charge is 0.314 e. The van der Waals surface area contributed by atoms with Crippen molar-refractivity contribution in [2.75, 3.05) is 5.32 Å². The summed E-state index contributed by atoms with van der Waals surface area (Å²) in [6.45, 7) is 1.91. The molecule has 0 unspecified atom stereocenters. The summed E-state index contributed by atoms with van der Waals surface area (Å²) in [4.78, 5) is 11.7. The second-order valence-electron chi connectivity index (χ2n) is 4.30. The fourth-order valence-electron chi connectivity index (χ4n) is 1.67. The number of halogens is 1. The number of carbonyl (C=O) groups is 1. The van der Waals surface area contributed by atoms with Crippen LogP contribution in [0.1, 0.15) is 11.1 Å². The monoisotopic (exact) mass is 286 g/mol. The Morgan fingerprint density at radius 1 is 1.15 bits per heavy atom. The van der Waals surface area contributed by atoms with Gasteiger partial charge < -0.3 is 10.6 Å². The molecule has 0 atom stereocenters. The van der Waals surface area contributed by atoms with Gasteiger partial charge in [-0.3, -0.25) is 0 Å². The number of amides is 2. The number of benzene rings is 2. The van der Waals surface area contributed by atoms with Crippen molar-refractivity contribution >= 4 is 29.4 Å². The van der Waals surface area contributed by atoms with Crippen molar-refractivity contribution in [2.24, 2.45) is 0 Å². The number of hydrogen-bond acceptors (Lipinski definition) is 1. The van der Waals surface area contributed by atoms with E-state index in [2.05, 4.69) is 10.6 Å². The standard InChI is InChI=1S/C16H15ClN2O/c1-12-7-8-14(17)11-15(12)19-16(20)18-10-9-13-5-3-2-4-6-13/h2-11H,1H3,(H2,18,19,20)/b10-9+. The van der Waals surface area contributed by atoms with E-state index in [1.165, 1.54) is 0 Å². The lowest BCUT2D eigenvalue weighted by atomic mass is 10.2. The summed E-state index contributed by atoms with van der Waals surface area (Å²) in [7, 11) is 0. The minimum atomic E-state index is -0.303. The molecule has 0 fully saturated rings. The number of urea groups is 1. The summed E-state index contributed by atoms with van der Waals surface area (Å²) in [5, 5.41) is 5.99. The van der Waals surface area contributed by atoms with E-state index in [1.54, 1.807) is 18.3 Å². The molecule has 0 heterocycles. The van der Waals surface area contributed by atoms with E-state index < -0.39 is 0 Å². The molecule has 0 bridgehead atoms. The zero-order chi connectivity index (χ0) is 14.4. The van der Waals surface area contributed by atoms with Crippen molar-refractivity contribution in [1.82, 2.24) is 5.32 Å². The predicted octanol–water partition coefficient (Wildman–Crippen LogP) is 4.44. The average Bonchev–Trinajstić information content (AvgIpc) is 2.44. The van der Waals surface area contributed by atoms with Crippen LogP contribution in [-0.4, -0.2) is 6.03 Å². The summed E-state index contributed by atoms with van der Waals surface area (Å²) in [5.41, 5.74) is 2.67. The third-order valence-corrected chi connectivity index (χ3v) is 2.97. The lowest BCUT2D eigenvalue weighted by molar-refractivity contribution is 0.255. The van der Waals surface area contributed by atoms with Gasteiger partial charge in [-0.1, -0.05) is 48.0 Å². The van der Waals surface area contributed by atoms with Crippen molar-refractivity contribution in [3.63, 3.8) is 0 Å². The van der Waals surface area contributed by atoms with E-state index in [4.69, 9.17) is 11.6 Å². The molecule has 2 aromatic rings. The highest BCUT2D eigenvalue weighted by Gasteiger charge is 2.03. The van der Waals surface area contributed by atoms with Gasteiger partial charge in [-0.2, -0.15) is 0 Å². The molecule has 0 aromatic heterocycles. The van der Waals surface area contributed by atoms with Gasteiger partial charge in [0.15, 0.2) is 0 Å². The summed E-state index contributed by atoms with van der Waals surface area (Å²) in [6, 6.07) is 14.8. The van der Waals surface area contributed by atoms with Crippen LogP contribution in [0.2, 0.25) is 5.02 Å². The fourth-order valence-corrected chi connectivity index (χ4v) is 1.84. The summed E-state index contributed by atoms with van der Waals surface area (Å²) < 4.78 is 0. The maximum atomic E-state index is 11.7. The van der Waals surface area contributed by atoms with E-state index in [0.29, 0.717) is 10.7 Å². The van der Waals surface area contributed by atoms with Crippen molar-refractivity contribution in [1.29, 1.82) is 0 Å². The quantitative estimate of drug-likeness (QED) is 0.860. The van der Waals surface area contributed by atoms with E-state index in [-0.39, 0.29) is 6.03 Å². The molecule has 0 spiro atoms. The van der Waals surface area contributed by atoms with Crippen LogP contribution in [0.25, 0.3) is 6.08 Å². The average molecular weight is 287 g/mol. The summed E-state index contributed by atoms with van der Waals surface area (Å²) in [5.74, 6) is 0. The van der Waals surface area contributed by atoms with Crippen molar-refractivity contribution in [3.8, 4) is 0 Å². The lowest BCUT2D eigenvalue weighted by Crippen LogP contribution is -2.24. The maximum absolute atomic E-state index is 11.7. The molecule has 3 nitrogen and oxygen atoms in total. The summed E-state index contributed by atoms with van der Waals surface area (Å²) >= 11 is 5.90. The molecule has 0 aliphatic carbocycles. The largest absolute Gasteiger partial charge is 0.323 e. The van der Waals surface area contributed by atoms with E-state index in [0.717, 1.165) is 11.1 Å². The number of nitrogens with one attached hydrogen (secondary N) is 2. The molecule has 0 saturated heterocycles. The van der Waals surface area contributed by atoms with Gasteiger partial charge in [0.1, 0.15) is 0 Å². The normalized spacial score (nSPS) is 10.5. The van der Waals surface area contributed by atoms with E-state index in [9.17, 15) is 4.79 Å². The molecule has 20 heavy (non-hydrogen) atoms. The van der Waals surface area contributed by atoms with Crippen molar-refractivity contribution < 1.29 is 4.79 Å². The highest BCUT2D eigenvalue weighted by molar-refractivity contribution is 6.31. The molecule has 4 heteroatoms. The van der Waals surface area contributed by atoms with Gasteiger partial charge in [-0.05, 0) is 36.3 Å². The Labute approximate surface area is 123 Å². The molecule has 102 valence electrons. The van der Waals surface area contributed by atoms with Gasteiger partial charge in [0.2, 0.25) is 0 Å². The second kappa shape index (κ2) is 6.78. The molecule has 2 amide bonds. The van der Waals surface area contributed by atoms with Crippen molar-refractivity contribution in [3.05, 3.63) is 70.9 Å². The van der Waals surface area contributed by atoms with Gasteiger partial charge in [0.05, 0.1) is 0 Å². The van der Waals surface area contributed by atoms with E-state index >= 15 is 0 Å². The first-order valence-electron chi connectivity index (χ1n) is 6.20. The van der Waals surface area contributed by atoms with Crippen LogP contribution in [0, 0.1) is 6.92 Å². The Morgan fingerprint density at radius 3 is 2.65 bits per heavy atom. The Morgan fingerprint density at radius 2 is 1.90 bits per heavy atom. The molecule has 0 aliphatic rings. The molecule has 0 radical (unpaired) electrons. The number of anilines is 1. The van der Waals surface area contributed by atoms with Gasteiger partial charge in [0, 0.05) is 16.9 Å². The zero-order valence-corrected chi connectivity index (χ0v) is 11.8. The third kappa shape index (κ3) is 4.14. The van der Waals surface area contributed by atoms with Crippen LogP contribution in [0.4, 0.5) is 10.5 Å². The topological polar surface area (TPSA) is 41.1 Å². The van der Waals surface area contributed by atoms with Crippen LogP contribution in [0.3, 0.4) is 0 Å². The zero-order valence-electron chi connectivity index (χ0n) is 11.1. The Hall–Kier alpha value is -2.26. The van der Waals surface area contributed by atoms with Gasteiger partial charge >= 0.3 is 6.03 Å². The lowest BCUT2D eigenvalue weighted by Gasteiger charge is -2.08. The molecular formula is C16H15ClN2O. The number of aryl methyl sites for hydroxylation is 1. The molecular weight excluding hydrogens is 272 g/mol. The number of hydrogen-bond donors (Lipinski definition) is 2. The number of carbonyl (C=O) groups excluding carboxylic acids is 1. The summed E-state index contributed by atoms with van der Waals surface area (Å²) in [6.07, 6.45) is 3.43. The SMILES string of the molecule is Cc1ccc(Cl)cc1NC(=O)N/C=C/c1ccccc1. The highest BCUT2D eigenvalue weighted by atomic mass is 35.5. The van der Waals surface area contributed by atoms with Crippen LogP contribution in [0.5, 0.6) is 0 Å². The highest BCUT2D eigenvalue weighted by Crippen LogP contribution is 2.19. The molecule has 2 aromatic carbocycles. The Kier molecular flexibility index (Phi) is 4.80. The van der Waals surface area contributed by atoms with Crippen LogP contribution in [-0.2, 0) is 0 Å². The first-order chi connectivity index (χ1) is 9.65.